The molecule has 2 atom stereocenters. The molecule has 0 amide bonds. The molecule has 1 aliphatic rings. The van der Waals surface area contributed by atoms with Crippen LogP contribution >= 0.6 is 0 Å². The summed E-state index contributed by atoms with van der Waals surface area (Å²) in [4.78, 5) is 11.6. The molecule has 23 heavy (non-hydrogen) atoms. The van der Waals surface area contributed by atoms with Crippen LogP contribution in [0.4, 0.5) is 22.0 Å². The molecule has 1 fully saturated rings. The Hall–Kier alpha value is -1.66. The zero-order valence-electron chi connectivity index (χ0n) is 12.9. The Bertz CT molecular complexity index is 598. The summed E-state index contributed by atoms with van der Waals surface area (Å²) in [7, 11) is 0. The monoisotopic (exact) mass is 336 g/mol. The molecule has 0 bridgehead atoms. The van der Waals surface area contributed by atoms with Crippen LogP contribution in [-0.2, 0) is 14.9 Å². The van der Waals surface area contributed by atoms with E-state index in [4.69, 9.17) is 4.74 Å². The SMILES string of the molecule is CCOC(=O)C1CC1c1cc(F)c(C(C)(C)C(F)(F)F)c(F)c1. The van der Waals surface area contributed by atoms with Crippen molar-refractivity contribution >= 4 is 5.97 Å². The summed E-state index contributed by atoms with van der Waals surface area (Å²) in [6.45, 7) is 3.30. The first-order chi connectivity index (χ1) is 10.5. The number of carbonyl (C=O) groups is 1. The average Bonchev–Trinajstić information content (AvgIpc) is 3.16. The first-order valence-electron chi connectivity index (χ1n) is 7.23. The molecule has 0 spiro atoms. The van der Waals surface area contributed by atoms with Crippen molar-refractivity contribution in [3.05, 3.63) is 34.9 Å². The fraction of sp³-hybridized carbons (Fsp3) is 0.562. The van der Waals surface area contributed by atoms with Gasteiger partial charge in [0.05, 0.1) is 17.9 Å². The Kier molecular flexibility index (Phi) is 4.43. The normalized spacial score (nSPS) is 21.2. The lowest BCUT2D eigenvalue weighted by Gasteiger charge is -2.29. The first kappa shape index (κ1) is 17.7. The van der Waals surface area contributed by atoms with Crippen LogP contribution in [0.2, 0.25) is 0 Å². The highest BCUT2D eigenvalue weighted by atomic mass is 19.4. The molecule has 1 aromatic rings. The van der Waals surface area contributed by atoms with Crippen LogP contribution in [0.15, 0.2) is 12.1 Å². The minimum absolute atomic E-state index is 0.180. The van der Waals surface area contributed by atoms with Gasteiger partial charge in [-0.1, -0.05) is 0 Å². The molecule has 0 radical (unpaired) electrons. The average molecular weight is 336 g/mol. The highest BCUT2D eigenvalue weighted by Gasteiger charge is 2.52. The van der Waals surface area contributed by atoms with E-state index in [1.54, 1.807) is 6.92 Å². The summed E-state index contributed by atoms with van der Waals surface area (Å²) in [6.07, 6.45) is -4.41. The molecule has 1 aliphatic carbocycles. The van der Waals surface area contributed by atoms with Gasteiger partial charge < -0.3 is 4.74 Å². The topological polar surface area (TPSA) is 26.3 Å². The lowest BCUT2D eigenvalue weighted by atomic mass is 9.82. The van der Waals surface area contributed by atoms with E-state index in [-0.39, 0.29) is 12.2 Å². The number of hydrogen-bond acceptors (Lipinski definition) is 2. The van der Waals surface area contributed by atoms with Crippen LogP contribution in [0.25, 0.3) is 0 Å². The van der Waals surface area contributed by atoms with Crippen LogP contribution in [-0.4, -0.2) is 18.8 Å². The summed E-state index contributed by atoms with van der Waals surface area (Å²) in [5.74, 6) is -3.87. The quantitative estimate of drug-likeness (QED) is 0.599. The Morgan fingerprint density at radius 3 is 2.17 bits per heavy atom. The van der Waals surface area contributed by atoms with Gasteiger partial charge in [-0.25, -0.2) is 8.78 Å². The second-order valence-corrected chi connectivity index (χ2v) is 6.18. The van der Waals surface area contributed by atoms with Gasteiger partial charge in [0.15, 0.2) is 0 Å². The number of carbonyl (C=O) groups excluding carboxylic acids is 1. The van der Waals surface area contributed by atoms with Gasteiger partial charge in [-0.05, 0) is 50.8 Å². The van der Waals surface area contributed by atoms with Gasteiger partial charge in [0.25, 0.3) is 0 Å². The maximum atomic E-state index is 14.1. The number of hydrogen-bond donors (Lipinski definition) is 0. The van der Waals surface area contributed by atoms with Gasteiger partial charge in [0, 0.05) is 5.56 Å². The first-order valence-corrected chi connectivity index (χ1v) is 7.23. The Morgan fingerprint density at radius 1 is 1.22 bits per heavy atom. The standard InChI is InChI=1S/C16H17F5O2/c1-4-23-14(22)10-7-9(10)8-5-11(17)13(12(18)6-8)15(2,3)16(19,20)21/h5-6,9-10H,4,7H2,1-3H3. The van der Waals surface area contributed by atoms with E-state index in [1.807, 2.05) is 0 Å². The Labute approximate surface area is 130 Å². The molecule has 2 nitrogen and oxygen atoms in total. The number of rotatable bonds is 4. The third-order valence-electron chi connectivity index (χ3n) is 4.21. The van der Waals surface area contributed by atoms with E-state index < -0.39 is 46.6 Å². The predicted octanol–water partition coefficient (Wildman–Crippen LogP) is 4.47. The second kappa shape index (κ2) is 5.76. The van der Waals surface area contributed by atoms with Gasteiger partial charge in [0.2, 0.25) is 0 Å². The van der Waals surface area contributed by atoms with Crippen LogP contribution in [0.5, 0.6) is 0 Å². The highest BCUT2D eigenvalue weighted by Crippen LogP contribution is 2.50. The summed E-state index contributed by atoms with van der Waals surface area (Å²) in [5, 5.41) is 0. The van der Waals surface area contributed by atoms with Crippen molar-refractivity contribution in [1.82, 2.24) is 0 Å². The van der Waals surface area contributed by atoms with Crippen LogP contribution < -0.4 is 0 Å². The highest BCUT2D eigenvalue weighted by molar-refractivity contribution is 5.77. The second-order valence-electron chi connectivity index (χ2n) is 6.18. The number of alkyl halides is 3. The maximum absolute atomic E-state index is 14.1. The van der Waals surface area contributed by atoms with E-state index >= 15 is 0 Å². The number of halogens is 5. The van der Waals surface area contributed by atoms with Crippen molar-refractivity contribution in [3.63, 3.8) is 0 Å². The molecular weight excluding hydrogens is 319 g/mol. The molecule has 0 saturated heterocycles. The Morgan fingerprint density at radius 2 is 1.74 bits per heavy atom. The molecule has 2 unspecified atom stereocenters. The lowest BCUT2D eigenvalue weighted by molar-refractivity contribution is -0.181. The fourth-order valence-corrected chi connectivity index (χ4v) is 2.62. The van der Waals surface area contributed by atoms with Gasteiger partial charge in [-0.2, -0.15) is 13.2 Å². The van der Waals surface area contributed by atoms with E-state index in [0.717, 1.165) is 26.0 Å². The third-order valence-corrected chi connectivity index (χ3v) is 4.21. The van der Waals surface area contributed by atoms with Crippen LogP contribution in [0.3, 0.4) is 0 Å². The van der Waals surface area contributed by atoms with Gasteiger partial charge in [-0.15, -0.1) is 0 Å². The minimum Gasteiger partial charge on any atom is -0.466 e. The molecule has 0 N–H and O–H groups in total. The fourth-order valence-electron chi connectivity index (χ4n) is 2.62. The zero-order valence-corrected chi connectivity index (χ0v) is 12.9. The molecule has 1 aromatic carbocycles. The predicted molar refractivity (Wildman–Crippen MR) is 72.9 cm³/mol. The molecular formula is C16H17F5O2. The van der Waals surface area contributed by atoms with Crippen LogP contribution in [0.1, 0.15) is 44.2 Å². The van der Waals surface area contributed by atoms with Crippen molar-refractivity contribution < 1.29 is 31.5 Å². The molecule has 0 heterocycles. The number of benzene rings is 1. The molecule has 7 heteroatoms. The maximum Gasteiger partial charge on any atom is 0.398 e. The largest absolute Gasteiger partial charge is 0.466 e. The van der Waals surface area contributed by atoms with Crippen molar-refractivity contribution in [2.45, 2.75) is 44.7 Å². The summed E-state index contributed by atoms with van der Waals surface area (Å²) in [6, 6.07) is 1.77. The van der Waals surface area contributed by atoms with E-state index in [0.29, 0.717) is 6.42 Å². The smallest absolute Gasteiger partial charge is 0.398 e. The zero-order chi connectivity index (χ0) is 17.6. The summed E-state index contributed by atoms with van der Waals surface area (Å²) >= 11 is 0. The van der Waals surface area contributed by atoms with Crippen molar-refractivity contribution in [2.24, 2.45) is 5.92 Å². The molecule has 2 rings (SSSR count). The summed E-state index contributed by atoms with van der Waals surface area (Å²) in [5.41, 5.74) is -3.48. The van der Waals surface area contributed by atoms with Gasteiger partial charge >= 0.3 is 12.1 Å². The van der Waals surface area contributed by atoms with Gasteiger partial charge in [-0.3, -0.25) is 4.79 Å². The van der Waals surface area contributed by atoms with Crippen LogP contribution in [0, 0.1) is 17.6 Å². The van der Waals surface area contributed by atoms with Crippen molar-refractivity contribution in [1.29, 1.82) is 0 Å². The lowest BCUT2D eigenvalue weighted by Crippen LogP contribution is -2.38. The van der Waals surface area contributed by atoms with Crippen molar-refractivity contribution in [3.8, 4) is 0 Å². The number of esters is 1. The summed E-state index contributed by atoms with van der Waals surface area (Å²) < 4.78 is 72.1. The molecule has 0 aliphatic heterocycles. The molecule has 1 saturated carbocycles. The van der Waals surface area contributed by atoms with E-state index in [9.17, 15) is 26.7 Å². The van der Waals surface area contributed by atoms with E-state index in [1.165, 1.54) is 0 Å². The molecule has 128 valence electrons. The van der Waals surface area contributed by atoms with Gasteiger partial charge in [0.1, 0.15) is 11.6 Å². The van der Waals surface area contributed by atoms with E-state index in [2.05, 4.69) is 0 Å². The third kappa shape index (κ3) is 3.19. The minimum atomic E-state index is -4.79. The number of ether oxygens (including phenoxy) is 1. The Balaban J connectivity index is 2.31. The molecule has 0 aromatic heterocycles. The van der Waals surface area contributed by atoms with Crippen molar-refractivity contribution in [2.75, 3.05) is 6.61 Å².